The van der Waals surface area contributed by atoms with Crippen LogP contribution in [0.15, 0.2) is 79.1 Å². The number of aromatic nitrogens is 3. The van der Waals surface area contributed by atoms with Gasteiger partial charge in [-0.1, -0.05) is 18.2 Å². The van der Waals surface area contributed by atoms with Gasteiger partial charge in [0, 0.05) is 36.6 Å². The Morgan fingerprint density at radius 2 is 1.91 bits per heavy atom. The molecular formula is C25H24N6O2. The van der Waals surface area contributed by atoms with Gasteiger partial charge in [-0.2, -0.15) is 0 Å². The molecule has 0 radical (unpaired) electrons. The Labute approximate surface area is 191 Å². The fraction of sp³-hybridized carbons (Fsp3) is 0.200. The molecule has 0 unspecified atom stereocenters. The molecule has 1 aromatic carbocycles. The van der Waals surface area contributed by atoms with E-state index in [9.17, 15) is 4.79 Å². The Hall–Kier alpha value is -3.88. The molecular weight excluding hydrogens is 416 g/mol. The van der Waals surface area contributed by atoms with E-state index in [1.807, 2.05) is 66.7 Å². The van der Waals surface area contributed by atoms with E-state index in [1.54, 1.807) is 12.4 Å². The molecule has 1 saturated heterocycles. The summed E-state index contributed by atoms with van der Waals surface area (Å²) in [5.41, 5.74) is 2.49. The van der Waals surface area contributed by atoms with E-state index < -0.39 is 0 Å². The summed E-state index contributed by atoms with van der Waals surface area (Å²) < 4.78 is 5.96. The van der Waals surface area contributed by atoms with Crippen molar-refractivity contribution in [3.8, 4) is 0 Å². The molecule has 2 N–H and O–H groups in total. The number of morpholine rings is 1. The Kier molecular flexibility index (Phi) is 6.19. The number of ether oxygens (including phenoxy) is 1. The lowest BCUT2D eigenvalue weighted by Crippen LogP contribution is -2.42. The third-order valence-corrected chi connectivity index (χ3v) is 5.43. The maximum absolute atomic E-state index is 12.7. The molecule has 1 aliphatic rings. The number of rotatable bonds is 6. The van der Waals surface area contributed by atoms with Gasteiger partial charge in [0.05, 0.1) is 24.4 Å². The van der Waals surface area contributed by atoms with E-state index in [0.717, 1.165) is 28.1 Å². The maximum atomic E-state index is 12.7. The minimum Gasteiger partial charge on any atom is -0.369 e. The predicted molar refractivity (Wildman–Crippen MR) is 127 cm³/mol. The van der Waals surface area contributed by atoms with Crippen LogP contribution in [0.5, 0.6) is 0 Å². The molecule has 4 aromatic rings. The molecule has 33 heavy (non-hydrogen) atoms. The fourth-order valence-electron chi connectivity index (χ4n) is 3.85. The number of fused-ring (bicyclic) bond motifs is 1. The fourth-order valence-corrected chi connectivity index (χ4v) is 3.85. The molecule has 0 bridgehead atoms. The van der Waals surface area contributed by atoms with Gasteiger partial charge in [0.2, 0.25) is 5.91 Å². The van der Waals surface area contributed by atoms with Crippen molar-refractivity contribution in [2.75, 3.05) is 36.9 Å². The summed E-state index contributed by atoms with van der Waals surface area (Å²) in [4.78, 5) is 28.0. The SMILES string of the molecule is O=C(CN1CCO[C@@H](c2cccc(Nc3ccccn3)n2)C1)Nc1ccc2ncccc2c1. The van der Waals surface area contributed by atoms with Gasteiger partial charge in [-0.25, -0.2) is 9.97 Å². The van der Waals surface area contributed by atoms with Gasteiger partial charge in [-0.3, -0.25) is 14.7 Å². The van der Waals surface area contributed by atoms with E-state index in [2.05, 4.69) is 25.5 Å². The average molecular weight is 441 g/mol. The average Bonchev–Trinajstić information content (AvgIpc) is 2.85. The van der Waals surface area contributed by atoms with Crippen LogP contribution in [-0.4, -0.2) is 52.0 Å². The third-order valence-electron chi connectivity index (χ3n) is 5.43. The number of carbonyl (C=O) groups is 1. The molecule has 5 rings (SSSR count). The minimum absolute atomic E-state index is 0.0579. The van der Waals surface area contributed by atoms with Gasteiger partial charge in [0.15, 0.2) is 0 Å². The monoisotopic (exact) mass is 440 g/mol. The molecule has 0 aliphatic carbocycles. The standard InChI is InChI=1S/C25H24N6O2/c32-25(28-19-9-10-20-18(15-19)5-4-12-26-20)17-31-13-14-33-22(16-31)21-6-3-8-24(29-21)30-23-7-1-2-11-27-23/h1-12,15,22H,13-14,16-17H2,(H,28,32)(H,27,29,30)/t22-/m1/s1. The first-order chi connectivity index (χ1) is 16.2. The second-order valence-electron chi connectivity index (χ2n) is 7.84. The second kappa shape index (κ2) is 9.72. The van der Waals surface area contributed by atoms with Crippen molar-refractivity contribution >= 4 is 34.1 Å². The maximum Gasteiger partial charge on any atom is 0.238 e. The van der Waals surface area contributed by atoms with Crippen LogP contribution in [0, 0.1) is 0 Å². The van der Waals surface area contributed by atoms with Crippen LogP contribution in [0.4, 0.5) is 17.3 Å². The second-order valence-corrected chi connectivity index (χ2v) is 7.84. The van der Waals surface area contributed by atoms with Gasteiger partial charge >= 0.3 is 0 Å². The highest BCUT2D eigenvalue weighted by Crippen LogP contribution is 2.23. The van der Waals surface area contributed by atoms with E-state index in [4.69, 9.17) is 9.72 Å². The summed E-state index contributed by atoms with van der Waals surface area (Å²) in [6, 6.07) is 21.0. The van der Waals surface area contributed by atoms with Crippen LogP contribution < -0.4 is 10.6 Å². The highest BCUT2D eigenvalue weighted by molar-refractivity contribution is 5.94. The molecule has 8 heteroatoms. The summed E-state index contributed by atoms with van der Waals surface area (Å²) in [5.74, 6) is 1.38. The minimum atomic E-state index is -0.205. The number of carbonyl (C=O) groups excluding carboxylic acids is 1. The summed E-state index contributed by atoms with van der Waals surface area (Å²) in [5, 5.41) is 7.19. The Bertz CT molecular complexity index is 1250. The van der Waals surface area contributed by atoms with Crippen molar-refractivity contribution in [3.05, 3.63) is 84.8 Å². The number of hydrogen-bond acceptors (Lipinski definition) is 7. The van der Waals surface area contributed by atoms with Gasteiger partial charge in [0.25, 0.3) is 0 Å². The highest BCUT2D eigenvalue weighted by atomic mass is 16.5. The van der Waals surface area contributed by atoms with E-state index in [-0.39, 0.29) is 18.6 Å². The van der Waals surface area contributed by atoms with E-state index in [0.29, 0.717) is 25.5 Å². The summed E-state index contributed by atoms with van der Waals surface area (Å²) in [7, 11) is 0. The Morgan fingerprint density at radius 1 is 1.00 bits per heavy atom. The lowest BCUT2D eigenvalue weighted by molar-refractivity contribution is -0.119. The number of amides is 1. The Balaban J connectivity index is 1.20. The molecule has 3 aromatic heterocycles. The summed E-state index contributed by atoms with van der Waals surface area (Å²) in [6.45, 7) is 2.11. The van der Waals surface area contributed by atoms with E-state index in [1.165, 1.54) is 0 Å². The first-order valence-electron chi connectivity index (χ1n) is 10.9. The van der Waals surface area contributed by atoms with Crippen LogP contribution in [0.1, 0.15) is 11.8 Å². The normalized spacial score (nSPS) is 16.4. The third kappa shape index (κ3) is 5.31. The van der Waals surface area contributed by atoms with Gasteiger partial charge in [-0.05, 0) is 48.5 Å². The molecule has 1 aliphatic heterocycles. The number of benzene rings is 1. The first kappa shape index (κ1) is 21.0. The van der Waals surface area contributed by atoms with Crippen molar-refractivity contribution in [2.45, 2.75) is 6.10 Å². The molecule has 1 fully saturated rings. The molecule has 166 valence electrons. The van der Waals surface area contributed by atoms with Gasteiger partial charge < -0.3 is 15.4 Å². The molecule has 0 spiro atoms. The number of anilines is 3. The molecule has 0 saturated carbocycles. The van der Waals surface area contributed by atoms with Crippen LogP contribution in [0.25, 0.3) is 10.9 Å². The van der Waals surface area contributed by atoms with Crippen LogP contribution in [0.2, 0.25) is 0 Å². The topological polar surface area (TPSA) is 92.3 Å². The van der Waals surface area contributed by atoms with Crippen molar-refractivity contribution in [1.29, 1.82) is 0 Å². The first-order valence-corrected chi connectivity index (χ1v) is 10.9. The molecule has 1 atom stereocenters. The van der Waals surface area contributed by atoms with Crippen LogP contribution in [-0.2, 0) is 9.53 Å². The predicted octanol–water partition coefficient (Wildman–Crippen LogP) is 3.78. The number of pyridine rings is 3. The quantitative estimate of drug-likeness (QED) is 0.471. The highest BCUT2D eigenvalue weighted by Gasteiger charge is 2.24. The van der Waals surface area contributed by atoms with Gasteiger partial charge in [0.1, 0.15) is 17.7 Å². The summed E-state index contributed by atoms with van der Waals surface area (Å²) >= 11 is 0. The molecule has 8 nitrogen and oxygen atoms in total. The van der Waals surface area contributed by atoms with Crippen molar-refractivity contribution in [1.82, 2.24) is 19.9 Å². The van der Waals surface area contributed by atoms with E-state index >= 15 is 0 Å². The van der Waals surface area contributed by atoms with Crippen LogP contribution in [0.3, 0.4) is 0 Å². The number of hydrogen-bond donors (Lipinski definition) is 2. The van der Waals surface area contributed by atoms with Gasteiger partial charge in [-0.15, -0.1) is 0 Å². The van der Waals surface area contributed by atoms with Crippen molar-refractivity contribution in [2.24, 2.45) is 0 Å². The van der Waals surface area contributed by atoms with Crippen molar-refractivity contribution in [3.63, 3.8) is 0 Å². The zero-order valence-electron chi connectivity index (χ0n) is 18.0. The zero-order chi connectivity index (χ0) is 22.5. The zero-order valence-corrected chi connectivity index (χ0v) is 18.0. The molecule has 1 amide bonds. The Morgan fingerprint density at radius 3 is 2.82 bits per heavy atom. The lowest BCUT2D eigenvalue weighted by Gasteiger charge is -2.32. The smallest absolute Gasteiger partial charge is 0.238 e. The number of nitrogens with one attached hydrogen (secondary N) is 2. The summed E-state index contributed by atoms with van der Waals surface area (Å²) in [6.07, 6.45) is 3.28. The molecule has 4 heterocycles. The number of nitrogens with zero attached hydrogens (tertiary/aromatic N) is 4. The largest absolute Gasteiger partial charge is 0.369 e. The lowest BCUT2D eigenvalue weighted by atomic mass is 10.2. The van der Waals surface area contributed by atoms with Crippen LogP contribution >= 0.6 is 0 Å². The van der Waals surface area contributed by atoms with Crippen molar-refractivity contribution < 1.29 is 9.53 Å².